The van der Waals surface area contributed by atoms with Crippen molar-refractivity contribution in [2.24, 2.45) is 5.73 Å². The molecule has 0 saturated heterocycles. The number of nitrogens with two attached hydrogens (primary N) is 1. The Balaban J connectivity index is 2.53. The molecule has 1 aromatic heterocycles. The summed E-state index contributed by atoms with van der Waals surface area (Å²) in [6.07, 6.45) is 1.53. The maximum Gasteiger partial charge on any atom is 0.142 e. The molecule has 6 heteroatoms. The molecule has 0 fully saturated rings. The topological polar surface area (TPSA) is 43.8 Å². The Morgan fingerprint density at radius 3 is 2.74 bits per heavy atom. The average molecular weight is 347 g/mol. The third-order valence-electron chi connectivity index (χ3n) is 2.89. The van der Waals surface area contributed by atoms with Crippen molar-refractivity contribution in [2.45, 2.75) is 25.9 Å². The lowest BCUT2D eigenvalue weighted by atomic mass is 10.0. The molecule has 102 valence electrons. The van der Waals surface area contributed by atoms with E-state index in [0.717, 1.165) is 0 Å². The summed E-state index contributed by atoms with van der Waals surface area (Å²) in [7, 11) is 0. The van der Waals surface area contributed by atoms with Crippen molar-refractivity contribution in [1.29, 1.82) is 0 Å². The number of hydrogen-bond acceptors (Lipinski definition) is 2. The van der Waals surface area contributed by atoms with Crippen molar-refractivity contribution >= 4 is 27.5 Å². The second kappa shape index (κ2) is 5.61. The van der Waals surface area contributed by atoms with Gasteiger partial charge in [0.15, 0.2) is 0 Å². The van der Waals surface area contributed by atoms with Gasteiger partial charge in [-0.3, -0.25) is 4.68 Å². The summed E-state index contributed by atoms with van der Waals surface area (Å²) in [5.41, 5.74) is 7.17. The van der Waals surface area contributed by atoms with E-state index in [0.29, 0.717) is 20.8 Å². The Hall–Kier alpha value is -0.910. The van der Waals surface area contributed by atoms with E-state index in [-0.39, 0.29) is 11.9 Å². The van der Waals surface area contributed by atoms with Gasteiger partial charge >= 0.3 is 0 Å². The molecule has 1 atom stereocenters. The third kappa shape index (κ3) is 2.68. The van der Waals surface area contributed by atoms with Crippen LogP contribution in [0.1, 0.15) is 37.2 Å². The lowest BCUT2D eigenvalue weighted by Crippen LogP contribution is -2.20. The van der Waals surface area contributed by atoms with Crippen LogP contribution in [0.4, 0.5) is 4.39 Å². The van der Waals surface area contributed by atoms with Crippen LogP contribution in [0.5, 0.6) is 0 Å². The summed E-state index contributed by atoms with van der Waals surface area (Å²) in [5, 5.41) is 4.63. The minimum Gasteiger partial charge on any atom is -0.319 e. The molecule has 1 aromatic carbocycles. The molecular weight excluding hydrogens is 333 g/mol. The summed E-state index contributed by atoms with van der Waals surface area (Å²) in [6.45, 7) is 3.94. The van der Waals surface area contributed by atoms with Crippen LogP contribution in [0.2, 0.25) is 5.02 Å². The van der Waals surface area contributed by atoms with Gasteiger partial charge < -0.3 is 5.73 Å². The van der Waals surface area contributed by atoms with Crippen LogP contribution >= 0.6 is 27.5 Å². The van der Waals surface area contributed by atoms with E-state index in [4.69, 9.17) is 17.3 Å². The molecule has 0 spiro atoms. The van der Waals surface area contributed by atoms with Gasteiger partial charge in [-0.15, -0.1) is 0 Å². The highest BCUT2D eigenvalue weighted by Gasteiger charge is 2.23. The quantitative estimate of drug-likeness (QED) is 0.910. The van der Waals surface area contributed by atoms with Crippen molar-refractivity contribution in [3.63, 3.8) is 0 Å². The summed E-state index contributed by atoms with van der Waals surface area (Å²) in [5.74, 6) is -0.373. The molecule has 0 amide bonds. The maximum atomic E-state index is 14.1. The molecule has 19 heavy (non-hydrogen) atoms. The van der Waals surface area contributed by atoms with Gasteiger partial charge in [0, 0.05) is 11.6 Å². The lowest BCUT2D eigenvalue weighted by Gasteiger charge is -2.18. The van der Waals surface area contributed by atoms with E-state index in [1.807, 2.05) is 13.8 Å². The second-order valence-electron chi connectivity index (χ2n) is 4.54. The van der Waals surface area contributed by atoms with Crippen molar-refractivity contribution in [3.8, 4) is 0 Å². The Labute approximate surface area is 124 Å². The smallest absolute Gasteiger partial charge is 0.142 e. The Kier molecular flexibility index (Phi) is 4.28. The molecule has 0 aliphatic rings. The van der Waals surface area contributed by atoms with Crippen LogP contribution in [0.3, 0.4) is 0 Å². The van der Waals surface area contributed by atoms with Crippen LogP contribution in [-0.2, 0) is 0 Å². The summed E-state index contributed by atoms with van der Waals surface area (Å²) < 4.78 is 16.2. The van der Waals surface area contributed by atoms with Crippen molar-refractivity contribution < 1.29 is 4.39 Å². The zero-order valence-corrected chi connectivity index (χ0v) is 12.9. The minimum absolute atomic E-state index is 0.101. The number of nitrogens with zero attached hydrogens (tertiary/aromatic N) is 2. The average Bonchev–Trinajstić information content (AvgIpc) is 2.74. The Morgan fingerprint density at radius 2 is 2.11 bits per heavy atom. The zero-order valence-electron chi connectivity index (χ0n) is 10.6. The molecule has 0 aliphatic carbocycles. The Bertz CT molecular complexity index is 598. The first-order valence-electron chi connectivity index (χ1n) is 5.86. The first kappa shape index (κ1) is 14.5. The number of benzene rings is 1. The lowest BCUT2D eigenvalue weighted by molar-refractivity contribution is 0.493. The van der Waals surface area contributed by atoms with E-state index in [1.54, 1.807) is 22.9 Å². The van der Waals surface area contributed by atoms with Crippen LogP contribution in [0, 0.1) is 5.82 Å². The van der Waals surface area contributed by atoms with Gasteiger partial charge in [0.05, 0.1) is 27.4 Å². The van der Waals surface area contributed by atoms with Crippen LogP contribution in [0.15, 0.2) is 28.9 Å². The number of aromatic nitrogens is 2. The van der Waals surface area contributed by atoms with Crippen LogP contribution < -0.4 is 5.73 Å². The fourth-order valence-electron chi connectivity index (χ4n) is 1.96. The first-order chi connectivity index (χ1) is 8.93. The first-order valence-corrected chi connectivity index (χ1v) is 7.03. The fraction of sp³-hybridized carbons (Fsp3) is 0.308. The molecule has 2 rings (SSSR count). The van der Waals surface area contributed by atoms with Gasteiger partial charge in [0.25, 0.3) is 0 Å². The number of hydrogen-bond donors (Lipinski definition) is 1. The highest BCUT2D eigenvalue weighted by molar-refractivity contribution is 9.10. The summed E-state index contributed by atoms with van der Waals surface area (Å²) in [4.78, 5) is 0. The maximum absolute atomic E-state index is 14.1. The molecular formula is C13H14BrClFN3. The van der Waals surface area contributed by atoms with E-state index in [2.05, 4.69) is 21.0 Å². The highest BCUT2D eigenvalue weighted by Crippen LogP contribution is 2.31. The van der Waals surface area contributed by atoms with Gasteiger partial charge in [-0.05, 0) is 35.8 Å². The largest absolute Gasteiger partial charge is 0.319 e. The van der Waals surface area contributed by atoms with E-state index in [9.17, 15) is 4.39 Å². The summed E-state index contributed by atoms with van der Waals surface area (Å²) in [6, 6.07) is 4.47. The number of halogens is 3. The van der Waals surface area contributed by atoms with Gasteiger partial charge in [0.1, 0.15) is 5.82 Å². The van der Waals surface area contributed by atoms with Gasteiger partial charge in [-0.25, -0.2) is 4.39 Å². The molecule has 0 radical (unpaired) electrons. The molecule has 0 aliphatic heterocycles. The van der Waals surface area contributed by atoms with Gasteiger partial charge in [-0.2, -0.15) is 5.10 Å². The minimum atomic E-state index is -0.658. The molecule has 0 bridgehead atoms. The molecule has 2 N–H and O–H groups in total. The fourth-order valence-corrected chi connectivity index (χ4v) is 2.59. The van der Waals surface area contributed by atoms with Gasteiger partial charge in [-0.1, -0.05) is 23.7 Å². The van der Waals surface area contributed by atoms with Crippen molar-refractivity contribution in [2.75, 3.05) is 0 Å². The second-order valence-corrected chi connectivity index (χ2v) is 5.80. The number of rotatable bonds is 3. The van der Waals surface area contributed by atoms with Crippen LogP contribution in [0.25, 0.3) is 0 Å². The van der Waals surface area contributed by atoms with E-state index < -0.39 is 6.04 Å². The standard InChI is InChI=1S/C13H14BrClFN3/c1-7(2)19-13(10(15)6-18-19)12(17)8-4-3-5-9(14)11(8)16/h3-7,12H,17H2,1-2H3. The summed E-state index contributed by atoms with van der Waals surface area (Å²) >= 11 is 9.29. The van der Waals surface area contributed by atoms with Crippen molar-refractivity contribution in [3.05, 3.63) is 51.0 Å². The molecule has 1 heterocycles. The van der Waals surface area contributed by atoms with Gasteiger partial charge in [0.2, 0.25) is 0 Å². The monoisotopic (exact) mass is 345 g/mol. The highest BCUT2D eigenvalue weighted by atomic mass is 79.9. The van der Waals surface area contributed by atoms with E-state index in [1.165, 1.54) is 6.20 Å². The zero-order chi connectivity index (χ0) is 14.2. The van der Waals surface area contributed by atoms with Crippen molar-refractivity contribution in [1.82, 2.24) is 9.78 Å². The normalized spacial score (nSPS) is 13.0. The van der Waals surface area contributed by atoms with E-state index >= 15 is 0 Å². The third-order valence-corrected chi connectivity index (χ3v) is 3.79. The molecule has 3 nitrogen and oxygen atoms in total. The predicted octanol–water partition coefficient (Wildman–Crippen LogP) is 4.07. The Morgan fingerprint density at radius 1 is 1.42 bits per heavy atom. The predicted molar refractivity (Wildman–Crippen MR) is 77.8 cm³/mol. The SMILES string of the molecule is CC(C)n1ncc(Cl)c1C(N)c1cccc(Br)c1F. The molecule has 1 unspecified atom stereocenters. The molecule has 2 aromatic rings. The van der Waals surface area contributed by atoms with Crippen LogP contribution in [-0.4, -0.2) is 9.78 Å². The molecule has 0 saturated carbocycles.